The largest absolute Gasteiger partial charge is 0.479 e. The molecule has 50 valence electrons. The summed E-state index contributed by atoms with van der Waals surface area (Å²) in [5.74, 6) is -0.823. The van der Waals surface area contributed by atoms with Gasteiger partial charge in [0.1, 0.15) is 0 Å². The van der Waals surface area contributed by atoms with E-state index in [9.17, 15) is 4.79 Å². The molecule has 3 heteroatoms. The van der Waals surface area contributed by atoms with E-state index in [0.717, 1.165) is 6.42 Å². The molecule has 0 bridgehead atoms. The average molecular weight is 127 g/mol. The Balaban J connectivity index is 2.74. The number of hydrogen-bond acceptors (Lipinski definition) is 2. The van der Waals surface area contributed by atoms with Gasteiger partial charge in [-0.2, -0.15) is 0 Å². The molecule has 0 saturated carbocycles. The predicted octanol–water partition coefficient (Wildman–Crippen LogP) is 0.694. The summed E-state index contributed by atoms with van der Waals surface area (Å²) in [5.41, 5.74) is -0.819. The maximum atomic E-state index is 10.4. The number of nitrogens with zero attached hydrogens (tertiary/aromatic N) is 1. The Morgan fingerprint density at radius 1 is 1.89 bits per heavy atom. The lowest BCUT2D eigenvalue weighted by Crippen LogP contribution is -2.29. The highest BCUT2D eigenvalue weighted by atomic mass is 16.4. The maximum absolute atomic E-state index is 10.4. The zero-order valence-corrected chi connectivity index (χ0v) is 5.29. The van der Waals surface area contributed by atoms with Gasteiger partial charge in [-0.25, -0.2) is 4.79 Å². The van der Waals surface area contributed by atoms with E-state index in [1.54, 1.807) is 13.1 Å². The van der Waals surface area contributed by atoms with Crippen molar-refractivity contribution in [2.45, 2.75) is 25.3 Å². The van der Waals surface area contributed by atoms with E-state index in [0.29, 0.717) is 6.42 Å². The van der Waals surface area contributed by atoms with Crippen LogP contribution >= 0.6 is 0 Å². The van der Waals surface area contributed by atoms with Crippen LogP contribution in [-0.2, 0) is 4.79 Å². The third kappa shape index (κ3) is 0.943. The monoisotopic (exact) mass is 127 g/mol. The lowest BCUT2D eigenvalue weighted by Gasteiger charge is -2.12. The van der Waals surface area contributed by atoms with Gasteiger partial charge in [0, 0.05) is 6.21 Å². The SMILES string of the molecule is C[C@@]1(C(=O)O)CCC=N1. The molecule has 0 aromatic carbocycles. The predicted molar refractivity (Wildman–Crippen MR) is 33.8 cm³/mol. The van der Waals surface area contributed by atoms with Gasteiger partial charge in [-0.1, -0.05) is 0 Å². The highest BCUT2D eigenvalue weighted by Crippen LogP contribution is 2.21. The summed E-state index contributed by atoms with van der Waals surface area (Å²) >= 11 is 0. The number of carboxylic acids is 1. The molecule has 1 aliphatic rings. The van der Waals surface area contributed by atoms with Crippen molar-refractivity contribution in [2.75, 3.05) is 0 Å². The van der Waals surface area contributed by atoms with E-state index in [1.807, 2.05) is 0 Å². The fourth-order valence-corrected chi connectivity index (χ4v) is 0.838. The minimum atomic E-state index is -0.823. The molecular formula is C6H9NO2. The lowest BCUT2D eigenvalue weighted by atomic mass is 10.0. The van der Waals surface area contributed by atoms with Crippen molar-refractivity contribution in [2.24, 2.45) is 4.99 Å². The second kappa shape index (κ2) is 1.83. The van der Waals surface area contributed by atoms with E-state index < -0.39 is 11.5 Å². The van der Waals surface area contributed by atoms with Gasteiger partial charge >= 0.3 is 5.97 Å². The van der Waals surface area contributed by atoms with Crippen LogP contribution in [0, 0.1) is 0 Å². The van der Waals surface area contributed by atoms with E-state index in [-0.39, 0.29) is 0 Å². The van der Waals surface area contributed by atoms with Crippen LogP contribution in [-0.4, -0.2) is 22.8 Å². The van der Waals surface area contributed by atoms with Crippen LogP contribution in [0.2, 0.25) is 0 Å². The minimum Gasteiger partial charge on any atom is -0.479 e. The van der Waals surface area contributed by atoms with E-state index >= 15 is 0 Å². The summed E-state index contributed by atoms with van der Waals surface area (Å²) in [6, 6.07) is 0. The third-order valence-corrected chi connectivity index (χ3v) is 1.60. The Bertz CT molecular complexity index is 164. The Kier molecular flexibility index (Phi) is 1.27. The standard InChI is InChI=1S/C6H9NO2/c1-6(5(8)9)3-2-4-7-6/h4H,2-3H2,1H3,(H,8,9)/t6-/m0/s1. The highest BCUT2D eigenvalue weighted by molar-refractivity contribution is 5.83. The Labute approximate surface area is 53.4 Å². The molecule has 9 heavy (non-hydrogen) atoms. The van der Waals surface area contributed by atoms with Gasteiger partial charge in [-0.05, 0) is 19.8 Å². The molecule has 1 heterocycles. The van der Waals surface area contributed by atoms with Crippen molar-refractivity contribution in [1.82, 2.24) is 0 Å². The fraction of sp³-hybridized carbons (Fsp3) is 0.667. The van der Waals surface area contributed by atoms with Gasteiger partial charge in [0.15, 0.2) is 5.54 Å². The Morgan fingerprint density at radius 2 is 2.56 bits per heavy atom. The molecule has 0 unspecified atom stereocenters. The van der Waals surface area contributed by atoms with Gasteiger partial charge in [-0.3, -0.25) is 4.99 Å². The minimum absolute atomic E-state index is 0.641. The molecule has 0 radical (unpaired) electrons. The van der Waals surface area contributed by atoms with Crippen molar-refractivity contribution < 1.29 is 9.90 Å². The van der Waals surface area contributed by atoms with Gasteiger partial charge in [0.05, 0.1) is 0 Å². The van der Waals surface area contributed by atoms with Gasteiger partial charge < -0.3 is 5.11 Å². The molecule has 0 saturated heterocycles. The second-order valence-electron chi connectivity index (χ2n) is 2.43. The zero-order valence-electron chi connectivity index (χ0n) is 5.29. The maximum Gasteiger partial charge on any atom is 0.331 e. The first-order chi connectivity index (χ1) is 4.15. The summed E-state index contributed by atoms with van der Waals surface area (Å²) < 4.78 is 0. The Hall–Kier alpha value is -0.860. The van der Waals surface area contributed by atoms with E-state index in [1.165, 1.54) is 0 Å². The first-order valence-corrected chi connectivity index (χ1v) is 2.92. The molecule has 0 aromatic heterocycles. The zero-order chi connectivity index (χ0) is 6.91. The molecule has 1 aliphatic heterocycles. The summed E-state index contributed by atoms with van der Waals surface area (Å²) in [4.78, 5) is 14.3. The van der Waals surface area contributed by atoms with E-state index in [2.05, 4.69) is 4.99 Å². The summed E-state index contributed by atoms with van der Waals surface area (Å²) in [7, 11) is 0. The van der Waals surface area contributed by atoms with Crippen molar-refractivity contribution in [3.05, 3.63) is 0 Å². The number of hydrogen-bond donors (Lipinski definition) is 1. The Morgan fingerprint density at radius 3 is 2.78 bits per heavy atom. The average Bonchev–Trinajstić information content (AvgIpc) is 2.16. The highest BCUT2D eigenvalue weighted by Gasteiger charge is 2.33. The molecule has 3 nitrogen and oxygen atoms in total. The first kappa shape index (κ1) is 6.26. The molecule has 0 aliphatic carbocycles. The third-order valence-electron chi connectivity index (χ3n) is 1.60. The van der Waals surface area contributed by atoms with Crippen LogP contribution in [0.3, 0.4) is 0 Å². The quantitative estimate of drug-likeness (QED) is 0.563. The summed E-state index contributed by atoms with van der Waals surface area (Å²) in [5, 5.41) is 8.56. The molecular weight excluding hydrogens is 118 g/mol. The van der Waals surface area contributed by atoms with Crippen LogP contribution in [0.5, 0.6) is 0 Å². The van der Waals surface area contributed by atoms with Crippen LogP contribution in [0.15, 0.2) is 4.99 Å². The molecule has 0 fully saturated rings. The van der Waals surface area contributed by atoms with Crippen molar-refractivity contribution in [1.29, 1.82) is 0 Å². The number of carboxylic acid groups (broad SMARTS) is 1. The normalized spacial score (nSPS) is 33.0. The summed E-state index contributed by atoms with van der Waals surface area (Å²) in [6.07, 6.45) is 3.11. The van der Waals surface area contributed by atoms with Crippen LogP contribution in [0.1, 0.15) is 19.8 Å². The lowest BCUT2D eigenvalue weighted by molar-refractivity contribution is -0.142. The van der Waals surface area contributed by atoms with Crippen LogP contribution in [0.4, 0.5) is 0 Å². The topological polar surface area (TPSA) is 49.7 Å². The van der Waals surface area contributed by atoms with Gasteiger partial charge in [0.25, 0.3) is 0 Å². The molecule has 1 N–H and O–H groups in total. The van der Waals surface area contributed by atoms with E-state index in [4.69, 9.17) is 5.11 Å². The molecule has 1 rings (SSSR count). The molecule has 0 amide bonds. The number of carbonyl (C=O) groups is 1. The number of aliphatic imine (C=N–C) groups is 1. The second-order valence-corrected chi connectivity index (χ2v) is 2.43. The number of aliphatic carboxylic acids is 1. The van der Waals surface area contributed by atoms with Crippen molar-refractivity contribution in [3.8, 4) is 0 Å². The van der Waals surface area contributed by atoms with Crippen molar-refractivity contribution in [3.63, 3.8) is 0 Å². The van der Waals surface area contributed by atoms with Gasteiger partial charge in [0.2, 0.25) is 0 Å². The molecule has 1 atom stereocenters. The van der Waals surface area contributed by atoms with Gasteiger partial charge in [-0.15, -0.1) is 0 Å². The van der Waals surface area contributed by atoms with Crippen LogP contribution in [0.25, 0.3) is 0 Å². The smallest absolute Gasteiger partial charge is 0.331 e. The first-order valence-electron chi connectivity index (χ1n) is 2.92. The molecule has 0 spiro atoms. The van der Waals surface area contributed by atoms with Crippen LogP contribution < -0.4 is 0 Å². The fourth-order valence-electron chi connectivity index (χ4n) is 0.838. The number of rotatable bonds is 1. The summed E-state index contributed by atoms with van der Waals surface area (Å²) in [6.45, 7) is 1.64. The molecule has 0 aromatic rings. The van der Waals surface area contributed by atoms with Crippen molar-refractivity contribution >= 4 is 12.2 Å².